The van der Waals surface area contributed by atoms with Gasteiger partial charge < -0.3 is 16.0 Å². The zero-order valence-corrected chi connectivity index (χ0v) is 21.9. The Morgan fingerprint density at radius 2 is 1.94 bits per heavy atom. The van der Waals surface area contributed by atoms with Crippen LogP contribution in [0.15, 0.2) is 41.3 Å². The molecule has 8 nitrogen and oxygen atoms in total. The Morgan fingerprint density at radius 3 is 2.67 bits per heavy atom. The van der Waals surface area contributed by atoms with Gasteiger partial charge >= 0.3 is 0 Å². The maximum Gasteiger partial charge on any atom is 0.252 e. The van der Waals surface area contributed by atoms with Crippen LogP contribution in [0.5, 0.6) is 0 Å². The molecule has 0 saturated carbocycles. The molecule has 0 unspecified atom stereocenters. The van der Waals surface area contributed by atoms with Gasteiger partial charge in [0.2, 0.25) is 15.9 Å². The Morgan fingerprint density at radius 1 is 1.17 bits per heavy atom. The lowest BCUT2D eigenvalue weighted by atomic mass is 9.94. The van der Waals surface area contributed by atoms with E-state index in [2.05, 4.69) is 20.7 Å². The molecule has 1 heterocycles. The minimum atomic E-state index is -3.92. The summed E-state index contributed by atoms with van der Waals surface area (Å²) in [5.74, 6) is -1.07. The number of benzene rings is 2. The summed E-state index contributed by atoms with van der Waals surface area (Å²) in [7, 11) is -3.92. The number of sulfonamides is 1. The van der Waals surface area contributed by atoms with E-state index in [0.717, 1.165) is 42.3 Å². The van der Waals surface area contributed by atoms with Crippen LogP contribution < -0.4 is 20.7 Å². The SMILES string of the molecule is CC(C)C[C@H](NC(=O)c1cccc2c1CCNC2)C(=O)NCCCNS(=O)(=O)c1ccc(F)cc1Cl. The maximum atomic E-state index is 13.2. The average molecular weight is 539 g/mol. The van der Waals surface area contributed by atoms with Crippen LogP contribution in [0, 0.1) is 11.7 Å². The number of carbonyl (C=O) groups excluding carboxylic acids is 2. The number of carbonyl (C=O) groups is 2. The molecule has 0 aliphatic carbocycles. The molecule has 0 bridgehead atoms. The molecule has 0 radical (unpaired) electrons. The molecule has 3 rings (SSSR count). The molecule has 2 aromatic rings. The predicted molar refractivity (Wildman–Crippen MR) is 137 cm³/mol. The van der Waals surface area contributed by atoms with E-state index in [1.165, 1.54) is 0 Å². The van der Waals surface area contributed by atoms with Crippen molar-refractivity contribution in [1.82, 2.24) is 20.7 Å². The molecule has 1 atom stereocenters. The Balaban J connectivity index is 1.54. The van der Waals surface area contributed by atoms with Crippen molar-refractivity contribution in [3.8, 4) is 0 Å². The lowest BCUT2D eigenvalue weighted by Crippen LogP contribution is -2.48. The van der Waals surface area contributed by atoms with Gasteiger partial charge in [-0.2, -0.15) is 0 Å². The normalized spacial score (nSPS) is 14.2. The van der Waals surface area contributed by atoms with E-state index in [1.54, 1.807) is 6.07 Å². The van der Waals surface area contributed by atoms with Gasteiger partial charge in [0.05, 0.1) is 5.02 Å². The molecule has 2 amide bonds. The van der Waals surface area contributed by atoms with Crippen LogP contribution in [-0.4, -0.2) is 45.9 Å². The van der Waals surface area contributed by atoms with Crippen LogP contribution >= 0.6 is 11.6 Å². The molecular weight excluding hydrogens is 507 g/mol. The Bertz CT molecular complexity index is 1210. The maximum absolute atomic E-state index is 13.2. The first-order chi connectivity index (χ1) is 17.1. The summed E-state index contributed by atoms with van der Waals surface area (Å²) in [5, 5.41) is 8.74. The van der Waals surface area contributed by atoms with Gasteiger partial charge in [0, 0.05) is 25.2 Å². The third-order valence-corrected chi connectivity index (χ3v) is 7.79. The first kappa shape index (κ1) is 28.0. The van der Waals surface area contributed by atoms with Gasteiger partial charge in [-0.05, 0) is 67.1 Å². The monoisotopic (exact) mass is 538 g/mol. The standard InChI is InChI=1S/C25H32ClFN4O4S/c1-16(2)13-22(31-24(32)20-6-3-5-17-15-28-12-9-19(17)20)25(33)29-10-4-11-30-36(34,35)23-8-7-18(27)14-21(23)26/h3,5-8,14,16,22,28,30H,4,9-13,15H2,1-2H3,(H,29,33)(H,31,32)/t22-/m0/s1. The number of amides is 2. The predicted octanol–water partition coefficient (Wildman–Crippen LogP) is 2.75. The summed E-state index contributed by atoms with van der Waals surface area (Å²) in [4.78, 5) is 25.7. The number of nitrogens with one attached hydrogen (secondary N) is 4. The Hall–Kier alpha value is -2.53. The Kier molecular flexibility index (Phi) is 9.84. The smallest absolute Gasteiger partial charge is 0.252 e. The van der Waals surface area contributed by atoms with Gasteiger partial charge in [0.1, 0.15) is 16.8 Å². The van der Waals surface area contributed by atoms with E-state index in [1.807, 2.05) is 26.0 Å². The summed E-state index contributed by atoms with van der Waals surface area (Å²) in [6, 6.07) is 7.95. The first-order valence-electron chi connectivity index (χ1n) is 11.9. The molecule has 0 fully saturated rings. The topological polar surface area (TPSA) is 116 Å². The number of rotatable bonds is 11. The highest BCUT2D eigenvalue weighted by Crippen LogP contribution is 2.22. The molecule has 4 N–H and O–H groups in total. The lowest BCUT2D eigenvalue weighted by molar-refractivity contribution is -0.123. The second-order valence-electron chi connectivity index (χ2n) is 9.14. The molecule has 11 heteroatoms. The van der Waals surface area contributed by atoms with Crippen molar-refractivity contribution in [3.05, 3.63) is 63.9 Å². The molecule has 0 aromatic heterocycles. The molecule has 1 aliphatic heterocycles. The molecule has 1 aliphatic rings. The zero-order valence-electron chi connectivity index (χ0n) is 20.4. The van der Waals surface area contributed by atoms with Gasteiger partial charge in [0.15, 0.2) is 0 Å². The second kappa shape index (κ2) is 12.6. The van der Waals surface area contributed by atoms with E-state index >= 15 is 0 Å². The van der Waals surface area contributed by atoms with Crippen molar-refractivity contribution >= 4 is 33.4 Å². The average Bonchev–Trinajstić information content (AvgIpc) is 2.82. The van der Waals surface area contributed by atoms with E-state index in [9.17, 15) is 22.4 Å². The molecule has 196 valence electrons. The van der Waals surface area contributed by atoms with Crippen molar-refractivity contribution in [1.29, 1.82) is 0 Å². The van der Waals surface area contributed by atoms with Gasteiger partial charge in [-0.15, -0.1) is 0 Å². The van der Waals surface area contributed by atoms with Gasteiger partial charge in [0.25, 0.3) is 5.91 Å². The van der Waals surface area contributed by atoms with Crippen molar-refractivity contribution < 1.29 is 22.4 Å². The summed E-state index contributed by atoms with van der Waals surface area (Å²) in [6.07, 6.45) is 1.52. The Labute approximate surface area is 216 Å². The highest BCUT2D eigenvalue weighted by molar-refractivity contribution is 7.89. The van der Waals surface area contributed by atoms with Crippen LogP contribution in [0.1, 0.15) is 48.2 Å². The van der Waals surface area contributed by atoms with Crippen LogP contribution in [0.3, 0.4) is 0 Å². The van der Waals surface area contributed by atoms with Crippen molar-refractivity contribution in [2.45, 2.75) is 50.6 Å². The first-order valence-corrected chi connectivity index (χ1v) is 13.8. The largest absolute Gasteiger partial charge is 0.354 e. The fraction of sp³-hybridized carbons (Fsp3) is 0.440. The summed E-state index contributed by atoms with van der Waals surface area (Å²) < 4.78 is 40.4. The highest BCUT2D eigenvalue weighted by atomic mass is 35.5. The fourth-order valence-corrected chi connectivity index (χ4v) is 5.69. The van der Waals surface area contributed by atoms with Gasteiger partial charge in [-0.1, -0.05) is 37.6 Å². The summed E-state index contributed by atoms with van der Waals surface area (Å²) in [6.45, 7) is 5.70. The van der Waals surface area contributed by atoms with Crippen LogP contribution in [0.2, 0.25) is 5.02 Å². The minimum Gasteiger partial charge on any atom is -0.354 e. The van der Waals surface area contributed by atoms with Gasteiger partial charge in [-0.3, -0.25) is 9.59 Å². The quantitative estimate of drug-likeness (QED) is 0.328. The van der Waals surface area contributed by atoms with Gasteiger partial charge in [-0.25, -0.2) is 17.5 Å². The molecule has 0 saturated heterocycles. The van der Waals surface area contributed by atoms with Crippen LogP contribution in [0.25, 0.3) is 0 Å². The molecule has 36 heavy (non-hydrogen) atoms. The molecular formula is C25H32ClFN4O4S. The van der Waals surface area contributed by atoms with E-state index in [0.29, 0.717) is 24.9 Å². The zero-order chi connectivity index (χ0) is 26.3. The van der Waals surface area contributed by atoms with E-state index in [4.69, 9.17) is 11.6 Å². The lowest BCUT2D eigenvalue weighted by Gasteiger charge is -2.23. The van der Waals surface area contributed by atoms with E-state index < -0.39 is 21.9 Å². The minimum absolute atomic E-state index is 0.0434. The molecule has 2 aromatic carbocycles. The van der Waals surface area contributed by atoms with Crippen LogP contribution in [-0.2, 0) is 27.8 Å². The number of hydrogen-bond acceptors (Lipinski definition) is 5. The highest BCUT2D eigenvalue weighted by Gasteiger charge is 2.25. The molecule has 0 spiro atoms. The summed E-state index contributed by atoms with van der Waals surface area (Å²) in [5.41, 5.74) is 2.68. The third kappa shape index (κ3) is 7.49. The van der Waals surface area contributed by atoms with Crippen molar-refractivity contribution in [2.75, 3.05) is 19.6 Å². The number of hydrogen-bond donors (Lipinski definition) is 4. The van der Waals surface area contributed by atoms with Crippen molar-refractivity contribution in [3.63, 3.8) is 0 Å². The number of halogens is 2. The van der Waals surface area contributed by atoms with E-state index in [-0.39, 0.29) is 40.7 Å². The van der Waals surface area contributed by atoms with Crippen LogP contribution in [0.4, 0.5) is 4.39 Å². The number of fused-ring (bicyclic) bond motifs is 1. The third-order valence-electron chi connectivity index (χ3n) is 5.84. The van der Waals surface area contributed by atoms with Crippen molar-refractivity contribution in [2.24, 2.45) is 5.92 Å². The second-order valence-corrected chi connectivity index (χ2v) is 11.3. The summed E-state index contributed by atoms with van der Waals surface area (Å²) >= 11 is 5.84. The fourth-order valence-electron chi connectivity index (χ4n) is 4.08.